The van der Waals surface area contributed by atoms with Crippen LogP contribution < -0.4 is 0 Å². The Morgan fingerprint density at radius 3 is 2.00 bits per heavy atom. The summed E-state index contributed by atoms with van der Waals surface area (Å²) in [6.45, 7) is 4.30. The molecule has 0 heterocycles. The minimum absolute atomic E-state index is 0.107. The third-order valence-corrected chi connectivity index (χ3v) is 5.33. The normalized spacial score (nSPS) is 11.1. The summed E-state index contributed by atoms with van der Waals surface area (Å²) in [4.78, 5) is 24.0. The first-order valence-electron chi connectivity index (χ1n) is 10.5. The van der Waals surface area contributed by atoms with Crippen molar-refractivity contribution in [2.24, 2.45) is 0 Å². The highest BCUT2D eigenvalue weighted by Crippen LogP contribution is 2.30. The highest BCUT2D eigenvalue weighted by Gasteiger charge is 2.20. The number of hydrogen-bond acceptors (Lipinski definition) is 2. The highest BCUT2D eigenvalue weighted by atomic mass is 16.4. The number of fused-ring (bicyclic) bond motifs is 1. The molecule has 0 atom stereocenters. The van der Waals surface area contributed by atoms with Crippen LogP contribution in [-0.4, -0.2) is 22.2 Å². The molecule has 2 aromatic rings. The number of aromatic carboxylic acids is 2. The molecular formula is C24H32O4. The van der Waals surface area contributed by atoms with Crippen molar-refractivity contribution in [1.29, 1.82) is 0 Å². The van der Waals surface area contributed by atoms with E-state index in [-0.39, 0.29) is 11.1 Å². The van der Waals surface area contributed by atoms with Crippen molar-refractivity contribution in [2.75, 3.05) is 0 Å². The fourth-order valence-corrected chi connectivity index (χ4v) is 3.84. The molecule has 0 aliphatic heterocycles. The molecule has 0 bridgehead atoms. The lowest BCUT2D eigenvalue weighted by Gasteiger charge is -2.14. The van der Waals surface area contributed by atoms with Crippen LogP contribution in [0.4, 0.5) is 0 Å². The number of rotatable bonds is 12. The third kappa shape index (κ3) is 5.57. The lowest BCUT2D eigenvalue weighted by molar-refractivity contribution is 0.0694. The number of carboxylic acids is 2. The molecule has 0 aliphatic rings. The van der Waals surface area contributed by atoms with E-state index in [2.05, 4.69) is 13.8 Å². The fraction of sp³-hybridized carbons (Fsp3) is 0.500. The van der Waals surface area contributed by atoms with Gasteiger partial charge in [-0.15, -0.1) is 0 Å². The maximum atomic E-state index is 12.0. The van der Waals surface area contributed by atoms with Crippen molar-refractivity contribution >= 4 is 22.7 Å². The van der Waals surface area contributed by atoms with Gasteiger partial charge in [-0.3, -0.25) is 0 Å². The summed E-state index contributed by atoms with van der Waals surface area (Å²) in [6.07, 6.45) is 10.1. The zero-order chi connectivity index (χ0) is 20.5. The fourth-order valence-electron chi connectivity index (χ4n) is 3.84. The van der Waals surface area contributed by atoms with Gasteiger partial charge in [0.15, 0.2) is 0 Å². The number of hydrogen-bond donors (Lipinski definition) is 2. The van der Waals surface area contributed by atoms with Gasteiger partial charge in [0.05, 0.1) is 11.1 Å². The van der Waals surface area contributed by atoms with E-state index in [9.17, 15) is 19.8 Å². The van der Waals surface area contributed by atoms with E-state index in [0.29, 0.717) is 17.2 Å². The van der Waals surface area contributed by atoms with Crippen LogP contribution in [0.3, 0.4) is 0 Å². The van der Waals surface area contributed by atoms with Gasteiger partial charge in [0.1, 0.15) is 0 Å². The van der Waals surface area contributed by atoms with E-state index in [1.54, 1.807) is 6.07 Å². The molecule has 2 aromatic carbocycles. The van der Waals surface area contributed by atoms with Crippen LogP contribution in [0, 0.1) is 0 Å². The minimum atomic E-state index is -1.06. The smallest absolute Gasteiger partial charge is 0.336 e. The molecule has 0 amide bonds. The molecule has 2 rings (SSSR count). The third-order valence-electron chi connectivity index (χ3n) is 5.33. The predicted octanol–water partition coefficient (Wildman–Crippen LogP) is 6.48. The van der Waals surface area contributed by atoms with Crippen molar-refractivity contribution < 1.29 is 19.8 Å². The van der Waals surface area contributed by atoms with E-state index < -0.39 is 11.9 Å². The quantitative estimate of drug-likeness (QED) is 0.411. The second kappa shape index (κ2) is 10.8. The van der Waals surface area contributed by atoms with Crippen LogP contribution in [0.15, 0.2) is 24.3 Å². The van der Waals surface area contributed by atoms with Gasteiger partial charge in [-0.1, -0.05) is 70.6 Å². The Morgan fingerprint density at radius 2 is 1.43 bits per heavy atom. The lowest BCUT2D eigenvalue weighted by Crippen LogP contribution is -2.09. The monoisotopic (exact) mass is 384 g/mol. The molecule has 28 heavy (non-hydrogen) atoms. The second-order valence-electron chi connectivity index (χ2n) is 7.57. The first-order valence-corrected chi connectivity index (χ1v) is 10.5. The van der Waals surface area contributed by atoms with Crippen LogP contribution in [-0.2, 0) is 12.8 Å². The molecule has 0 aromatic heterocycles. The van der Waals surface area contributed by atoms with Gasteiger partial charge in [0, 0.05) is 5.39 Å². The van der Waals surface area contributed by atoms with E-state index in [0.717, 1.165) is 62.5 Å². The summed E-state index contributed by atoms with van der Waals surface area (Å²) >= 11 is 0. The molecule has 0 radical (unpaired) electrons. The van der Waals surface area contributed by atoms with Crippen LogP contribution in [0.2, 0.25) is 0 Å². The van der Waals surface area contributed by atoms with Gasteiger partial charge in [-0.05, 0) is 48.3 Å². The molecule has 0 spiro atoms. The van der Waals surface area contributed by atoms with Crippen molar-refractivity contribution in [3.63, 3.8) is 0 Å². The lowest BCUT2D eigenvalue weighted by atomic mass is 9.90. The topological polar surface area (TPSA) is 74.6 Å². The van der Waals surface area contributed by atoms with E-state index in [1.807, 2.05) is 18.2 Å². The van der Waals surface area contributed by atoms with Crippen LogP contribution in [0.5, 0.6) is 0 Å². The average Bonchev–Trinajstić information content (AvgIpc) is 2.67. The number of benzene rings is 2. The molecule has 0 saturated heterocycles. The molecular weight excluding hydrogens is 352 g/mol. The summed E-state index contributed by atoms with van der Waals surface area (Å²) in [7, 11) is 0. The van der Waals surface area contributed by atoms with Gasteiger partial charge in [-0.25, -0.2) is 9.59 Å². The van der Waals surface area contributed by atoms with Gasteiger partial charge >= 0.3 is 11.9 Å². The van der Waals surface area contributed by atoms with Crippen LogP contribution >= 0.6 is 0 Å². The molecule has 152 valence electrons. The van der Waals surface area contributed by atoms with Crippen LogP contribution in [0.1, 0.15) is 97.1 Å². The molecule has 0 unspecified atom stereocenters. The summed E-state index contributed by atoms with van der Waals surface area (Å²) in [6, 6.07) is 7.38. The number of unbranched alkanes of at least 4 members (excludes halogenated alkanes) is 6. The second-order valence-corrected chi connectivity index (χ2v) is 7.57. The first-order chi connectivity index (χ1) is 13.5. The maximum absolute atomic E-state index is 12.0. The molecule has 4 heteroatoms. The summed E-state index contributed by atoms with van der Waals surface area (Å²) < 4.78 is 0. The Hall–Kier alpha value is -2.36. The predicted molar refractivity (Wildman–Crippen MR) is 114 cm³/mol. The van der Waals surface area contributed by atoms with Gasteiger partial charge < -0.3 is 10.2 Å². The summed E-state index contributed by atoms with van der Waals surface area (Å²) in [5.74, 6) is -2.11. The Morgan fingerprint density at radius 1 is 0.786 bits per heavy atom. The van der Waals surface area contributed by atoms with E-state index in [1.165, 1.54) is 6.42 Å². The van der Waals surface area contributed by atoms with Crippen LogP contribution in [0.25, 0.3) is 10.8 Å². The van der Waals surface area contributed by atoms with Crippen molar-refractivity contribution in [3.05, 3.63) is 46.5 Å². The van der Waals surface area contributed by atoms with Gasteiger partial charge in [0.25, 0.3) is 0 Å². The Balaban J connectivity index is 2.45. The molecule has 0 saturated carbocycles. The van der Waals surface area contributed by atoms with Gasteiger partial charge in [0.2, 0.25) is 0 Å². The average molecular weight is 385 g/mol. The maximum Gasteiger partial charge on any atom is 0.336 e. The van der Waals surface area contributed by atoms with E-state index in [4.69, 9.17) is 0 Å². The highest BCUT2D eigenvalue weighted by molar-refractivity contribution is 6.13. The molecule has 2 N–H and O–H groups in total. The molecule has 4 nitrogen and oxygen atoms in total. The van der Waals surface area contributed by atoms with Gasteiger partial charge in [-0.2, -0.15) is 0 Å². The summed E-state index contributed by atoms with van der Waals surface area (Å²) in [5, 5.41) is 20.7. The van der Waals surface area contributed by atoms with E-state index >= 15 is 0 Å². The summed E-state index contributed by atoms with van der Waals surface area (Å²) in [5.41, 5.74) is 1.96. The van der Waals surface area contributed by atoms with Crippen molar-refractivity contribution in [3.8, 4) is 0 Å². The Bertz CT molecular complexity index is 823. The standard InChI is InChI=1S/C24H32O4/c1-3-5-7-9-11-17-15-19-14-13-18(12-10-8-6-4-2)22(24(27)28)21(19)20(16-17)23(25)26/h13-16H,3-12H2,1-2H3,(H,25,26)(H,27,28). The Kier molecular flexibility index (Phi) is 8.49. The number of carboxylic acid groups (broad SMARTS) is 2. The zero-order valence-corrected chi connectivity index (χ0v) is 17.1. The Labute approximate surface area is 167 Å². The largest absolute Gasteiger partial charge is 0.478 e. The minimum Gasteiger partial charge on any atom is -0.478 e. The van der Waals surface area contributed by atoms with Crippen molar-refractivity contribution in [1.82, 2.24) is 0 Å². The number of aryl methyl sites for hydroxylation is 2. The number of carbonyl (C=O) groups is 2. The SMILES string of the molecule is CCCCCCc1cc(C(=O)O)c2c(C(=O)O)c(CCCCCC)ccc2c1. The molecule has 0 aliphatic carbocycles. The molecule has 0 fully saturated rings. The first kappa shape index (κ1) is 21.9. The zero-order valence-electron chi connectivity index (χ0n) is 17.1. The van der Waals surface area contributed by atoms with Crippen molar-refractivity contribution in [2.45, 2.75) is 78.1 Å².